The summed E-state index contributed by atoms with van der Waals surface area (Å²) in [5, 5.41) is 3.41. The average molecular weight is 400 g/mol. The molecule has 6 nitrogen and oxygen atoms in total. The van der Waals surface area contributed by atoms with Crippen molar-refractivity contribution in [3.63, 3.8) is 0 Å². The first-order chi connectivity index (χ1) is 14.5. The molecule has 150 valence electrons. The average Bonchev–Trinajstić information content (AvgIpc) is 3.28. The second-order valence-corrected chi connectivity index (χ2v) is 6.96. The van der Waals surface area contributed by atoms with Crippen LogP contribution in [0, 0.1) is 6.92 Å². The minimum atomic E-state index is -0.975. The zero-order chi connectivity index (χ0) is 21.1. The van der Waals surface area contributed by atoms with Gasteiger partial charge in [-0.3, -0.25) is 4.79 Å². The van der Waals surface area contributed by atoms with Crippen molar-refractivity contribution in [3.8, 4) is 11.5 Å². The summed E-state index contributed by atoms with van der Waals surface area (Å²) < 4.78 is 10.9. The zero-order valence-corrected chi connectivity index (χ0v) is 16.6. The zero-order valence-electron chi connectivity index (χ0n) is 16.6. The van der Waals surface area contributed by atoms with Crippen molar-refractivity contribution < 1.29 is 18.7 Å². The van der Waals surface area contributed by atoms with E-state index >= 15 is 0 Å². The molecule has 1 atom stereocenters. The SMILES string of the molecule is Cc1cccc(NC(=O)[C@H](C)OC(=O)c2cc(-c3ccco3)nc3ccccc23)c1. The van der Waals surface area contributed by atoms with E-state index in [0.717, 1.165) is 5.56 Å². The normalized spacial score (nSPS) is 11.8. The van der Waals surface area contributed by atoms with Gasteiger partial charge in [-0.1, -0.05) is 30.3 Å². The Balaban J connectivity index is 1.58. The number of ether oxygens (including phenoxy) is 1. The van der Waals surface area contributed by atoms with Crippen molar-refractivity contribution in [1.29, 1.82) is 0 Å². The number of fused-ring (bicyclic) bond motifs is 1. The largest absolute Gasteiger partial charge is 0.463 e. The van der Waals surface area contributed by atoms with Crippen molar-refractivity contribution in [2.24, 2.45) is 0 Å². The first kappa shape index (κ1) is 19.4. The summed E-state index contributed by atoms with van der Waals surface area (Å²) in [5.41, 5.74) is 3.14. The van der Waals surface area contributed by atoms with E-state index in [2.05, 4.69) is 10.3 Å². The standard InChI is InChI=1S/C24H20N2O4/c1-15-7-5-8-17(13-15)25-23(27)16(2)30-24(28)19-14-21(22-11-6-12-29-22)26-20-10-4-3-9-18(19)20/h3-14,16H,1-2H3,(H,25,27)/t16-/m0/s1. The highest BCUT2D eigenvalue weighted by Crippen LogP contribution is 2.26. The number of furan rings is 1. The third-order valence-corrected chi connectivity index (χ3v) is 4.65. The Labute approximate surface area is 173 Å². The van der Waals surface area contributed by atoms with Crippen LogP contribution in [0.3, 0.4) is 0 Å². The summed E-state index contributed by atoms with van der Waals surface area (Å²) in [6, 6.07) is 19.8. The minimum Gasteiger partial charge on any atom is -0.463 e. The maximum Gasteiger partial charge on any atom is 0.339 e. The molecule has 30 heavy (non-hydrogen) atoms. The molecule has 2 heterocycles. The predicted molar refractivity (Wildman–Crippen MR) is 114 cm³/mol. The lowest BCUT2D eigenvalue weighted by atomic mass is 10.1. The summed E-state index contributed by atoms with van der Waals surface area (Å²) >= 11 is 0. The fourth-order valence-corrected chi connectivity index (χ4v) is 3.14. The van der Waals surface area contributed by atoms with Crippen LogP contribution < -0.4 is 5.32 Å². The van der Waals surface area contributed by atoms with E-state index in [1.165, 1.54) is 0 Å². The number of nitrogens with zero attached hydrogens (tertiary/aromatic N) is 1. The number of carbonyl (C=O) groups is 2. The number of hydrogen-bond donors (Lipinski definition) is 1. The maximum absolute atomic E-state index is 12.9. The number of esters is 1. The van der Waals surface area contributed by atoms with Crippen LogP contribution >= 0.6 is 0 Å². The summed E-state index contributed by atoms with van der Waals surface area (Å²) in [4.78, 5) is 30.0. The first-order valence-corrected chi connectivity index (χ1v) is 9.53. The van der Waals surface area contributed by atoms with Crippen LogP contribution in [0.4, 0.5) is 5.69 Å². The van der Waals surface area contributed by atoms with Crippen molar-refractivity contribution in [1.82, 2.24) is 4.98 Å². The molecule has 4 aromatic rings. The molecule has 0 fully saturated rings. The van der Waals surface area contributed by atoms with Gasteiger partial charge in [0.1, 0.15) is 5.69 Å². The lowest BCUT2D eigenvalue weighted by Gasteiger charge is -2.15. The van der Waals surface area contributed by atoms with Gasteiger partial charge in [0.15, 0.2) is 11.9 Å². The molecule has 0 unspecified atom stereocenters. The van der Waals surface area contributed by atoms with Crippen molar-refractivity contribution in [2.45, 2.75) is 20.0 Å². The molecule has 6 heteroatoms. The number of amides is 1. The molecule has 2 aromatic heterocycles. The van der Waals surface area contributed by atoms with Gasteiger partial charge in [-0.25, -0.2) is 9.78 Å². The molecular formula is C24H20N2O4. The van der Waals surface area contributed by atoms with Gasteiger partial charge < -0.3 is 14.5 Å². The minimum absolute atomic E-state index is 0.321. The summed E-state index contributed by atoms with van der Waals surface area (Å²) in [6.45, 7) is 3.48. The van der Waals surface area contributed by atoms with E-state index in [1.54, 1.807) is 43.5 Å². The molecule has 0 spiro atoms. The van der Waals surface area contributed by atoms with E-state index in [-0.39, 0.29) is 0 Å². The van der Waals surface area contributed by atoms with E-state index < -0.39 is 18.0 Å². The Morgan fingerprint density at radius 3 is 2.63 bits per heavy atom. The highest BCUT2D eigenvalue weighted by Gasteiger charge is 2.22. The van der Waals surface area contributed by atoms with Gasteiger partial charge in [-0.05, 0) is 55.8 Å². The maximum atomic E-state index is 12.9. The van der Waals surface area contributed by atoms with Crippen LogP contribution in [0.25, 0.3) is 22.4 Å². The van der Waals surface area contributed by atoms with Crippen LogP contribution in [0.1, 0.15) is 22.8 Å². The molecule has 1 N–H and O–H groups in total. The first-order valence-electron chi connectivity index (χ1n) is 9.53. The second kappa shape index (κ2) is 8.21. The molecule has 0 saturated heterocycles. The monoisotopic (exact) mass is 400 g/mol. The van der Waals surface area contributed by atoms with Crippen molar-refractivity contribution in [2.75, 3.05) is 5.32 Å². The van der Waals surface area contributed by atoms with Crippen LogP contribution in [-0.2, 0) is 9.53 Å². The van der Waals surface area contributed by atoms with Gasteiger partial charge in [0.05, 0.1) is 17.3 Å². The molecule has 0 aliphatic heterocycles. The van der Waals surface area contributed by atoms with Gasteiger partial charge in [-0.2, -0.15) is 0 Å². The summed E-state index contributed by atoms with van der Waals surface area (Å²) in [6.07, 6.45) is 0.569. The Morgan fingerprint density at radius 1 is 1.03 bits per heavy atom. The molecule has 0 aliphatic carbocycles. The van der Waals surface area contributed by atoms with Gasteiger partial charge in [-0.15, -0.1) is 0 Å². The Kier molecular flexibility index (Phi) is 5.30. The number of aromatic nitrogens is 1. The van der Waals surface area contributed by atoms with Gasteiger partial charge in [0.2, 0.25) is 0 Å². The third kappa shape index (κ3) is 4.07. The van der Waals surface area contributed by atoms with E-state index in [0.29, 0.717) is 33.6 Å². The molecular weight excluding hydrogens is 380 g/mol. The van der Waals surface area contributed by atoms with E-state index in [1.807, 2.05) is 43.3 Å². The van der Waals surface area contributed by atoms with Gasteiger partial charge in [0.25, 0.3) is 5.91 Å². The number of anilines is 1. The molecule has 0 saturated carbocycles. The molecule has 2 aromatic carbocycles. The lowest BCUT2D eigenvalue weighted by molar-refractivity contribution is -0.123. The Morgan fingerprint density at radius 2 is 1.87 bits per heavy atom. The molecule has 4 rings (SSSR count). The number of rotatable bonds is 5. The van der Waals surface area contributed by atoms with Gasteiger partial charge >= 0.3 is 5.97 Å². The van der Waals surface area contributed by atoms with Gasteiger partial charge in [0, 0.05) is 11.1 Å². The lowest BCUT2D eigenvalue weighted by Crippen LogP contribution is -2.30. The molecule has 1 amide bonds. The highest BCUT2D eigenvalue weighted by atomic mass is 16.5. The van der Waals surface area contributed by atoms with Crippen molar-refractivity contribution in [3.05, 3.63) is 84.1 Å². The number of pyridine rings is 1. The van der Waals surface area contributed by atoms with Crippen LogP contribution in [0.5, 0.6) is 0 Å². The molecule has 0 radical (unpaired) electrons. The van der Waals surface area contributed by atoms with Crippen molar-refractivity contribution >= 4 is 28.5 Å². The number of hydrogen-bond acceptors (Lipinski definition) is 5. The fraction of sp³-hybridized carbons (Fsp3) is 0.125. The number of benzene rings is 2. The third-order valence-electron chi connectivity index (χ3n) is 4.65. The fourth-order valence-electron chi connectivity index (χ4n) is 3.14. The van der Waals surface area contributed by atoms with E-state index in [9.17, 15) is 9.59 Å². The smallest absolute Gasteiger partial charge is 0.339 e. The quantitative estimate of drug-likeness (QED) is 0.478. The Hall–Kier alpha value is -3.93. The molecule has 0 bridgehead atoms. The Bertz CT molecular complexity index is 1220. The van der Waals surface area contributed by atoms with E-state index in [4.69, 9.17) is 9.15 Å². The number of nitrogens with one attached hydrogen (secondary N) is 1. The summed E-state index contributed by atoms with van der Waals surface area (Å²) in [5.74, 6) is -0.466. The number of aryl methyl sites for hydroxylation is 1. The predicted octanol–water partition coefficient (Wildman–Crippen LogP) is 4.99. The second-order valence-electron chi connectivity index (χ2n) is 6.96. The van der Waals surface area contributed by atoms with Crippen LogP contribution in [0.15, 0.2) is 77.4 Å². The number of para-hydroxylation sites is 1. The number of carbonyl (C=O) groups excluding carboxylic acids is 2. The summed E-state index contributed by atoms with van der Waals surface area (Å²) in [7, 11) is 0. The van der Waals surface area contributed by atoms with Crippen LogP contribution in [0.2, 0.25) is 0 Å². The molecule has 0 aliphatic rings. The topological polar surface area (TPSA) is 81.4 Å². The highest BCUT2D eigenvalue weighted by molar-refractivity contribution is 6.05. The van der Waals surface area contributed by atoms with Crippen LogP contribution in [-0.4, -0.2) is 23.0 Å².